The van der Waals surface area contributed by atoms with Gasteiger partial charge in [0.05, 0.1) is 0 Å². The molecule has 0 radical (unpaired) electrons. The van der Waals surface area contributed by atoms with Crippen molar-refractivity contribution < 1.29 is 0 Å². The van der Waals surface area contributed by atoms with E-state index in [0.29, 0.717) is 5.92 Å². The van der Waals surface area contributed by atoms with Crippen molar-refractivity contribution in [3.63, 3.8) is 0 Å². The van der Waals surface area contributed by atoms with Gasteiger partial charge in [0.15, 0.2) is 0 Å². The average molecular weight is 603 g/mol. The summed E-state index contributed by atoms with van der Waals surface area (Å²) in [5.74, 6) is 0.310. The van der Waals surface area contributed by atoms with Crippen molar-refractivity contribution in [2.75, 3.05) is 9.80 Å². The monoisotopic (exact) mass is 602 g/mol. The van der Waals surface area contributed by atoms with E-state index in [1.807, 2.05) is 6.08 Å². The van der Waals surface area contributed by atoms with E-state index in [-0.39, 0.29) is 0 Å². The fourth-order valence-corrected chi connectivity index (χ4v) is 6.94. The van der Waals surface area contributed by atoms with E-state index in [0.717, 1.165) is 38.5 Å². The molecule has 6 rings (SSSR count). The Kier molecular flexibility index (Phi) is 9.22. The molecule has 1 atom stereocenters. The molecule has 1 unspecified atom stereocenters. The topological polar surface area (TPSA) is 6.48 Å². The largest absolute Gasteiger partial charge is 0.319 e. The molecule has 3 aliphatic rings. The van der Waals surface area contributed by atoms with Crippen LogP contribution in [0.25, 0.3) is 0 Å². The van der Waals surface area contributed by atoms with Gasteiger partial charge in [0, 0.05) is 40.1 Å². The number of anilines is 4. The van der Waals surface area contributed by atoms with Crippen molar-refractivity contribution in [2.24, 2.45) is 0 Å². The van der Waals surface area contributed by atoms with E-state index in [4.69, 9.17) is 0 Å². The summed E-state index contributed by atoms with van der Waals surface area (Å²) in [5, 5.41) is 0. The highest BCUT2D eigenvalue weighted by Gasteiger charge is 2.31. The minimum absolute atomic E-state index is 0.310. The summed E-state index contributed by atoms with van der Waals surface area (Å²) in [6.07, 6.45) is 22.2. The second-order valence-corrected chi connectivity index (χ2v) is 13.4. The lowest BCUT2D eigenvalue weighted by atomic mass is 9.58. The van der Waals surface area contributed by atoms with E-state index in [9.17, 15) is 0 Å². The maximum Gasteiger partial charge on any atom is 0.200 e. The van der Waals surface area contributed by atoms with Crippen LogP contribution < -0.4 is 20.7 Å². The second kappa shape index (κ2) is 13.5. The van der Waals surface area contributed by atoms with Crippen LogP contribution in [-0.2, 0) is 0 Å². The van der Waals surface area contributed by atoms with Crippen molar-refractivity contribution in [1.82, 2.24) is 0 Å². The van der Waals surface area contributed by atoms with Gasteiger partial charge in [0.1, 0.15) is 0 Å². The first-order valence-corrected chi connectivity index (χ1v) is 16.9. The molecule has 2 nitrogen and oxygen atoms in total. The molecule has 2 aliphatic carbocycles. The van der Waals surface area contributed by atoms with Crippen molar-refractivity contribution in [2.45, 2.75) is 73.1 Å². The van der Waals surface area contributed by atoms with Crippen LogP contribution in [0, 0.1) is 13.8 Å². The van der Waals surface area contributed by atoms with E-state index >= 15 is 0 Å². The molecule has 0 bridgehead atoms. The summed E-state index contributed by atoms with van der Waals surface area (Å²) < 4.78 is 0. The van der Waals surface area contributed by atoms with E-state index in [1.165, 1.54) is 72.9 Å². The molecular weight excluding hydrogens is 555 g/mol. The molecule has 3 heteroatoms. The van der Waals surface area contributed by atoms with Crippen molar-refractivity contribution in [3.8, 4) is 0 Å². The zero-order chi connectivity index (χ0) is 32.4. The fourth-order valence-electron chi connectivity index (χ4n) is 6.94. The molecule has 3 aromatic carbocycles. The van der Waals surface area contributed by atoms with Crippen LogP contribution >= 0.6 is 0 Å². The van der Waals surface area contributed by atoms with Crippen LogP contribution in [0.5, 0.6) is 0 Å². The summed E-state index contributed by atoms with van der Waals surface area (Å²) in [6, 6.07) is 21.0. The minimum Gasteiger partial charge on any atom is -0.319 e. The van der Waals surface area contributed by atoms with Crippen LogP contribution in [0.1, 0.15) is 76.0 Å². The number of fused-ring (bicyclic) bond motifs is 2. The Labute approximate surface area is 277 Å². The van der Waals surface area contributed by atoms with Gasteiger partial charge in [-0.1, -0.05) is 108 Å². The Hall–Kier alpha value is -4.50. The lowest BCUT2D eigenvalue weighted by molar-refractivity contribution is 0.798. The molecule has 0 aromatic heterocycles. The van der Waals surface area contributed by atoms with Gasteiger partial charge < -0.3 is 9.80 Å². The van der Waals surface area contributed by atoms with Crippen LogP contribution in [0.3, 0.4) is 0 Å². The maximum absolute atomic E-state index is 4.00. The van der Waals surface area contributed by atoms with Gasteiger partial charge in [-0.15, -0.1) is 0 Å². The smallest absolute Gasteiger partial charge is 0.200 e. The highest BCUT2D eigenvalue weighted by atomic mass is 15.2. The zero-order valence-electron chi connectivity index (χ0n) is 28.5. The number of nitrogens with zero attached hydrogens (tertiary/aromatic N) is 2. The Bertz CT molecular complexity index is 1840. The Balaban J connectivity index is 1.65. The van der Waals surface area contributed by atoms with Crippen molar-refractivity contribution in [1.29, 1.82) is 0 Å². The summed E-state index contributed by atoms with van der Waals surface area (Å²) in [6.45, 7) is 17.4. The molecule has 0 fully saturated rings. The minimum atomic E-state index is 0.310. The number of allylic oxidation sites excluding steroid dienone is 13. The number of hydrogen-bond donors (Lipinski definition) is 0. The van der Waals surface area contributed by atoms with Crippen molar-refractivity contribution in [3.05, 3.63) is 155 Å². The maximum atomic E-state index is 4.00. The van der Waals surface area contributed by atoms with Gasteiger partial charge >= 0.3 is 0 Å². The highest BCUT2D eigenvalue weighted by Crippen LogP contribution is 2.42. The molecule has 0 N–H and O–H groups in total. The number of benzene rings is 3. The Morgan fingerprint density at radius 3 is 2.35 bits per heavy atom. The quantitative estimate of drug-likeness (QED) is 0.146. The first-order chi connectivity index (χ1) is 22.2. The standard InChI is InChI=1S/C43H47BN2/c1-8-29(2)14-20-33(6)45(37-21-15-30(3)16-22-37)41-27-36(34(7)35-12-10-9-11-13-35)28-42-43(41)44-39-26-32(5)19-25-40(39)46(42)38-23-17-31(4)18-24-38/h8-10,12,14-15,17-21,23-28,34,44H,1,11,13,16,22H2,2-7H3/b29-14-,33-20+. The summed E-state index contributed by atoms with van der Waals surface area (Å²) in [7, 11) is 0.886. The third-order valence-electron chi connectivity index (χ3n) is 9.83. The first-order valence-electron chi connectivity index (χ1n) is 16.9. The van der Waals surface area contributed by atoms with E-state index in [1.54, 1.807) is 0 Å². The van der Waals surface area contributed by atoms with Gasteiger partial charge in [0.25, 0.3) is 0 Å². The molecule has 1 aliphatic heterocycles. The summed E-state index contributed by atoms with van der Waals surface area (Å²) in [5.41, 5.74) is 18.4. The zero-order valence-corrected chi connectivity index (χ0v) is 28.5. The molecule has 3 aromatic rings. The van der Waals surface area contributed by atoms with Gasteiger partial charge in [-0.2, -0.15) is 0 Å². The summed E-state index contributed by atoms with van der Waals surface area (Å²) in [4.78, 5) is 5.06. The normalized spacial score (nSPS) is 16.8. The molecular formula is C43H47BN2. The van der Waals surface area contributed by atoms with Crippen LogP contribution in [-0.4, -0.2) is 7.28 Å². The molecule has 0 saturated heterocycles. The van der Waals surface area contributed by atoms with Crippen molar-refractivity contribution >= 4 is 41.0 Å². The van der Waals surface area contributed by atoms with Crippen LogP contribution in [0.15, 0.2) is 138 Å². The third kappa shape index (κ3) is 6.42. The molecule has 1 heterocycles. The van der Waals surface area contributed by atoms with E-state index in [2.05, 4.69) is 155 Å². The molecule has 46 heavy (non-hydrogen) atoms. The second-order valence-electron chi connectivity index (χ2n) is 13.4. The molecule has 0 amide bonds. The molecule has 0 spiro atoms. The molecule has 232 valence electrons. The predicted molar refractivity (Wildman–Crippen MR) is 203 cm³/mol. The van der Waals surface area contributed by atoms with Crippen LogP contribution in [0.2, 0.25) is 0 Å². The van der Waals surface area contributed by atoms with Gasteiger partial charge in [0.2, 0.25) is 7.28 Å². The van der Waals surface area contributed by atoms with E-state index < -0.39 is 0 Å². The number of aryl methyl sites for hydroxylation is 2. The predicted octanol–water partition coefficient (Wildman–Crippen LogP) is 10.3. The average Bonchev–Trinajstić information content (AvgIpc) is 3.07. The number of rotatable bonds is 8. The Morgan fingerprint density at radius 1 is 0.870 bits per heavy atom. The third-order valence-corrected chi connectivity index (χ3v) is 9.83. The highest BCUT2D eigenvalue weighted by molar-refractivity contribution is 6.73. The lowest BCUT2D eigenvalue weighted by Gasteiger charge is -2.39. The van der Waals surface area contributed by atoms with Gasteiger partial charge in [-0.25, -0.2) is 0 Å². The number of hydrogen-bond acceptors (Lipinski definition) is 2. The lowest BCUT2D eigenvalue weighted by Crippen LogP contribution is -2.43. The van der Waals surface area contributed by atoms with Crippen LogP contribution in [0.4, 0.5) is 22.7 Å². The summed E-state index contributed by atoms with van der Waals surface area (Å²) >= 11 is 0. The van der Waals surface area contributed by atoms with Gasteiger partial charge in [-0.05, 0) is 114 Å². The molecule has 0 saturated carbocycles. The van der Waals surface area contributed by atoms with Gasteiger partial charge in [-0.3, -0.25) is 0 Å². The fraction of sp³-hybridized carbons (Fsp3) is 0.256. The Morgan fingerprint density at radius 2 is 1.65 bits per heavy atom. The SMILES string of the molecule is C=C/C(C)=C\C=C(/C)N(C1=CC=C(C)CC1)c1cc(C(C)C2=CC=CCC2)cc2c1Bc1cc(C)ccc1N2c1ccc(C)cc1. The first kappa shape index (κ1) is 31.5.